The van der Waals surface area contributed by atoms with Crippen LogP contribution in [0, 0.1) is 6.92 Å². The lowest BCUT2D eigenvalue weighted by molar-refractivity contribution is 0.0784. The molecule has 0 saturated carbocycles. The Hall–Kier alpha value is -2.89. The summed E-state index contributed by atoms with van der Waals surface area (Å²) in [4.78, 5) is 19.2. The quantitative estimate of drug-likeness (QED) is 0.704. The van der Waals surface area contributed by atoms with Crippen LogP contribution in [0.1, 0.15) is 41.5 Å². The molecule has 0 aliphatic heterocycles. The molecule has 0 fully saturated rings. The lowest BCUT2D eigenvalue weighted by Gasteiger charge is -2.18. The lowest BCUT2D eigenvalue weighted by atomic mass is 10.1. The molecule has 136 valence electrons. The van der Waals surface area contributed by atoms with Gasteiger partial charge in [-0.3, -0.25) is 4.79 Å². The van der Waals surface area contributed by atoms with Crippen molar-refractivity contribution in [1.82, 2.24) is 19.7 Å². The molecule has 1 amide bonds. The average Bonchev–Trinajstić information content (AvgIpc) is 3.04. The van der Waals surface area contributed by atoms with Crippen molar-refractivity contribution in [3.8, 4) is 5.75 Å². The lowest BCUT2D eigenvalue weighted by Crippen LogP contribution is -2.27. The normalized spacial score (nSPS) is 11.2. The van der Waals surface area contributed by atoms with Gasteiger partial charge in [0.15, 0.2) is 5.65 Å². The molecule has 0 aliphatic rings. The Balaban J connectivity index is 1.85. The summed E-state index contributed by atoms with van der Waals surface area (Å²) in [6, 6.07) is 9.82. The number of benzene rings is 1. The van der Waals surface area contributed by atoms with Gasteiger partial charge in [-0.15, -0.1) is 0 Å². The standard InChI is InChI=1S/C20H24N4O2/c1-13(2)24-19-16(11-21-24)10-18(14(3)22-19)20(25)23(4)12-15-6-8-17(26-5)9-7-15/h6-11,13H,12H2,1-5H3. The van der Waals surface area contributed by atoms with Crippen molar-refractivity contribution in [3.63, 3.8) is 0 Å². The fourth-order valence-corrected chi connectivity index (χ4v) is 2.94. The van der Waals surface area contributed by atoms with E-state index in [1.807, 2.05) is 41.9 Å². The SMILES string of the molecule is COc1ccc(CN(C)C(=O)c2cc3cnn(C(C)C)c3nc2C)cc1. The van der Waals surface area contributed by atoms with E-state index in [2.05, 4.69) is 23.9 Å². The smallest absolute Gasteiger partial charge is 0.255 e. The molecule has 2 aromatic heterocycles. The molecule has 0 aliphatic carbocycles. The molecule has 0 unspecified atom stereocenters. The van der Waals surface area contributed by atoms with E-state index < -0.39 is 0 Å². The van der Waals surface area contributed by atoms with Gasteiger partial charge in [-0.05, 0) is 44.5 Å². The van der Waals surface area contributed by atoms with Gasteiger partial charge >= 0.3 is 0 Å². The third-order valence-corrected chi connectivity index (χ3v) is 4.40. The first kappa shape index (κ1) is 17.9. The number of rotatable bonds is 5. The topological polar surface area (TPSA) is 60.2 Å². The number of aromatic nitrogens is 3. The maximum absolute atomic E-state index is 12.9. The summed E-state index contributed by atoms with van der Waals surface area (Å²) in [5.74, 6) is 0.750. The van der Waals surface area contributed by atoms with Crippen molar-refractivity contribution in [3.05, 3.63) is 53.3 Å². The van der Waals surface area contributed by atoms with Crippen LogP contribution in [0.5, 0.6) is 5.75 Å². The van der Waals surface area contributed by atoms with Crippen LogP contribution < -0.4 is 4.74 Å². The zero-order chi connectivity index (χ0) is 18.8. The Bertz CT molecular complexity index is 929. The first-order valence-corrected chi connectivity index (χ1v) is 8.64. The summed E-state index contributed by atoms with van der Waals surface area (Å²) in [5, 5.41) is 5.26. The van der Waals surface area contributed by atoms with Crippen LogP contribution in [0.15, 0.2) is 36.5 Å². The molecular weight excluding hydrogens is 328 g/mol. The molecule has 0 spiro atoms. The number of carbonyl (C=O) groups excluding carboxylic acids is 1. The molecule has 2 heterocycles. The molecule has 0 radical (unpaired) electrons. The molecule has 6 nitrogen and oxygen atoms in total. The Labute approximate surface area is 153 Å². The van der Waals surface area contributed by atoms with Crippen LogP contribution in [0.2, 0.25) is 0 Å². The average molecular weight is 352 g/mol. The molecule has 6 heteroatoms. The zero-order valence-electron chi connectivity index (χ0n) is 15.9. The van der Waals surface area contributed by atoms with Gasteiger partial charge in [0, 0.05) is 25.0 Å². The second-order valence-corrected chi connectivity index (χ2v) is 6.73. The van der Waals surface area contributed by atoms with Crippen molar-refractivity contribution in [1.29, 1.82) is 0 Å². The fraction of sp³-hybridized carbons (Fsp3) is 0.350. The predicted octanol–water partition coefficient (Wildman–Crippen LogP) is 3.60. The van der Waals surface area contributed by atoms with Gasteiger partial charge in [-0.25, -0.2) is 9.67 Å². The third kappa shape index (κ3) is 3.40. The Morgan fingerprint density at radius 2 is 1.96 bits per heavy atom. The van der Waals surface area contributed by atoms with Crippen LogP contribution in [0.25, 0.3) is 11.0 Å². The summed E-state index contributed by atoms with van der Waals surface area (Å²) in [5.41, 5.74) is 3.18. The summed E-state index contributed by atoms with van der Waals surface area (Å²) < 4.78 is 7.04. The van der Waals surface area contributed by atoms with E-state index in [0.29, 0.717) is 17.8 Å². The highest BCUT2D eigenvalue weighted by Gasteiger charge is 2.18. The van der Waals surface area contributed by atoms with Crippen LogP contribution >= 0.6 is 0 Å². The Morgan fingerprint density at radius 1 is 1.27 bits per heavy atom. The number of carbonyl (C=O) groups is 1. The highest BCUT2D eigenvalue weighted by molar-refractivity contribution is 5.98. The minimum atomic E-state index is -0.0509. The first-order valence-electron chi connectivity index (χ1n) is 8.64. The summed E-state index contributed by atoms with van der Waals surface area (Å²) in [6.07, 6.45) is 1.77. The summed E-state index contributed by atoms with van der Waals surface area (Å²) in [7, 11) is 3.44. The molecule has 0 N–H and O–H groups in total. The van der Waals surface area contributed by atoms with Crippen molar-refractivity contribution >= 4 is 16.9 Å². The highest BCUT2D eigenvalue weighted by atomic mass is 16.5. The number of pyridine rings is 1. The molecule has 3 rings (SSSR count). The molecule has 1 aromatic carbocycles. The van der Waals surface area contributed by atoms with Gasteiger partial charge in [-0.1, -0.05) is 12.1 Å². The Kier molecular flexibility index (Phi) is 4.93. The van der Waals surface area contributed by atoms with Crippen molar-refractivity contribution in [2.24, 2.45) is 0 Å². The van der Waals surface area contributed by atoms with Gasteiger partial charge in [0.1, 0.15) is 5.75 Å². The van der Waals surface area contributed by atoms with Gasteiger partial charge in [0.05, 0.1) is 24.6 Å². The fourth-order valence-electron chi connectivity index (χ4n) is 2.94. The van der Waals surface area contributed by atoms with E-state index in [0.717, 1.165) is 22.3 Å². The number of nitrogens with zero attached hydrogens (tertiary/aromatic N) is 4. The van der Waals surface area contributed by atoms with E-state index in [-0.39, 0.29) is 11.9 Å². The van der Waals surface area contributed by atoms with Crippen LogP contribution in [0.4, 0.5) is 0 Å². The number of aryl methyl sites for hydroxylation is 1. The number of ether oxygens (including phenoxy) is 1. The molecule has 3 aromatic rings. The van der Waals surface area contributed by atoms with Gasteiger partial charge in [-0.2, -0.15) is 5.10 Å². The molecule has 0 bridgehead atoms. The zero-order valence-corrected chi connectivity index (χ0v) is 15.9. The number of fused-ring (bicyclic) bond motifs is 1. The molecule has 0 saturated heterocycles. The number of hydrogen-bond donors (Lipinski definition) is 0. The van der Waals surface area contributed by atoms with Crippen LogP contribution in [-0.2, 0) is 6.54 Å². The number of methoxy groups -OCH3 is 1. The monoisotopic (exact) mass is 352 g/mol. The maximum atomic E-state index is 12.9. The third-order valence-electron chi connectivity index (χ3n) is 4.40. The highest BCUT2D eigenvalue weighted by Crippen LogP contribution is 2.21. The molecule has 0 atom stereocenters. The summed E-state index contributed by atoms with van der Waals surface area (Å²) in [6.45, 7) is 6.51. The number of hydrogen-bond acceptors (Lipinski definition) is 4. The summed E-state index contributed by atoms with van der Waals surface area (Å²) >= 11 is 0. The van der Waals surface area contributed by atoms with E-state index in [1.54, 1.807) is 25.3 Å². The molecule has 26 heavy (non-hydrogen) atoms. The van der Waals surface area contributed by atoms with Crippen LogP contribution in [-0.4, -0.2) is 39.7 Å². The number of amides is 1. The largest absolute Gasteiger partial charge is 0.497 e. The minimum absolute atomic E-state index is 0.0509. The molecular formula is C20H24N4O2. The second-order valence-electron chi connectivity index (χ2n) is 6.73. The van der Waals surface area contributed by atoms with Gasteiger partial charge < -0.3 is 9.64 Å². The van der Waals surface area contributed by atoms with Gasteiger partial charge in [0.2, 0.25) is 0 Å². The second kappa shape index (κ2) is 7.15. The van der Waals surface area contributed by atoms with Gasteiger partial charge in [0.25, 0.3) is 5.91 Å². The van der Waals surface area contributed by atoms with Crippen molar-refractivity contribution in [2.45, 2.75) is 33.4 Å². The Morgan fingerprint density at radius 3 is 2.58 bits per heavy atom. The van der Waals surface area contributed by atoms with E-state index >= 15 is 0 Å². The van der Waals surface area contributed by atoms with E-state index in [4.69, 9.17) is 4.74 Å². The van der Waals surface area contributed by atoms with E-state index in [1.165, 1.54) is 0 Å². The van der Waals surface area contributed by atoms with Crippen molar-refractivity contribution < 1.29 is 9.53 Å². The minimum Gasteiger partial charge on any atom is -0.497 e. The van der Waals surface area contributed by atoms with Crippen molar-refractivity contribution in [2.75, 3.05) is 14.2 Å². The van der Waals surface area contributed by atoms with Crippen LogP contribution in [0.3, 0.4) is 0 Å². The van der Waals surface area contributed by atoms with E-state index in [9.17, 15) is 4.79 Å². The first-order chi connectivity index (χ1) is 12.4. The predicted molar refractivity (Wildman–Crippen MR) is 101 cm³/mol. The maximum Gasteiger partial charge on any atom is 0.255 e.